The molecule has 0 aromatic carbocycles. The lowest BCUT2D eigenvalue weighted by atomic mass is 10.3. The van der Waals surface area contributed by atoms with Crippen molar-refractivity contribution in [3.05, 3.63) is 24.2 Å². The maximum atomic E-state index is 11.9. The van der Waals surface area contributed by atoms with Crippen LogP contribution in [0.2, 0.25) is 0 Å². The summed E-state index contributed by atoms with van der Waals surface area (Å²) in [5.74, 6) is 0.964. The molecule has 1 aliphatic heterocycles. The Bertz CT molecular complexity index is 788. The van der Waals surface area contributed by atoms with Gasteiger partial charge in [0, 0.05) is 6.04 Å². The van der Waals surface area contributed by atoms with Gasteiger partial charge in [-0.15, -0.1) is 10.2 Å². The fourth-order valence-corrected chi connectivity index (χ4v) is 5.45. The summed E-state index contributed by atoms with van der Waals surface area (Å²) in [5.41, 5.74) is 0. The van der Waals surface area contributed by atoms with Crippen LogP contribution in [-0.2, 0) is 21.2 Å². The maximum absolute atomic E-state index is 11.9. The highest BCUT2D eigenvalue weighted by Gasteiger charge is 2.28. The van der Waals surface area contributed by atoms with Gasteiger partial charge in [-0.2, -0.15) is 0 Å². The summed E-state index contributed by atoms with van der Waals surface area (Å²) in [5, 5.41) is 14.5. The molecule has 130 valence electrons. The van der Waals surface area contributed by atoms with Crippen molar-refractivity contribution in [3.8, 4) is 0 Å². The number of hydrogen-bond donors (Lipinski definition) is 2. The van der Waals surface area contributed by atoms with Gasteiger partial charge in [0.05, 0.1) is 30.1 Å². The second-order valence-corrected chi connectivity index (χ2v) is 9.69. The standard InChI is InChI=1S/C13H16N4O4S3/c18-11(15-9-3-5-24(19,20)8-9)7-22-13-17-16-12(23-13)14-6-10-2-1-4-21-10/h1-2,4,9H,3,5-8H2,(H,14,16)(H,15,18)/t9-/m1/s1. The Balaban J connectivity index is 1.41. The van der Waals surface area contributed by atoms with E-state index in [-0.39, 0.29) is 29.2 Å². The number of thioether (sulfide) groups is 1. The van der Waals surface area contributed by atoms with Gasteiger partial charge in [-0.25, -0.2) is 8.42 Å². The molecule has 0 radical (unpaired) electrons. The number of nitrogens with zero attached hydrogens (tertiary/aromatic N) is 2. The third-order valence-electron chi connectivity index (χ3n) is 3.32. The van der Waals surface area contributed by atoms with Crippen molar-refractivity contribution in [2.75, 3.05) is 22.6 Å². The van der Waals surface area contributed by atoms with Crippen molar-refractivity contribution in [1.82, 2.24) is 15.5 Å². The molecular weight excluding hydrogens is 372 g/mol. The highest BCUT2D eigenvalue weighted by molar-refractivity contribution is 8.01. The molecule has 1 amide bonds. The molecule has 11 heteroatoms. The summed E-state index contributed by atoms with van der Waals surface area (Å²) in [6, 6.07) is 3.40. The minimum atomic E-state index is -2.99. The molecule has 3 heterocycles. The lowest BCUT2D eigenvalue weighted by molar-refractivity contribution is -0.119. The molecule has 0 saturated carbocycles. The quantitative estimate of drug-likeness (QED) is 0.679. The largest absolute Gasteiger partial charge is 0.467 e. The van der Waals surface area contributed by atoms with Crippen LogP contribution in [0.15, 0.2) is 27.2 Å². The zero-order valence-corrected chi connectivity index (χ0v) is 15.0. The highest BCUT2D eigenvalue weighted by atomic mass is 32.2. The lowest BCUT2D eigenvalue weighted by Gasteiger charge is -2.09. The molecule has 0 spiro atoms. The van der Waals surface area contributed by atoms with E-state index in [1.165, 1.54) is 23.1 Å². The molecule has 24 heavy (non-hydrogen) atoms. The SMILES string of the molecule is O=C(CSc1nnc(NCc2ccco2)s1)N[C@@H]1CCS(=O)(=O)C1. The maximum Gasteiger partial charge on any atom is 0.230 e. The number of sulfone groups is 1. The summed E-state index contributed by atoms with van der Waals surface area (Å²) in [6.07, 6.45) is 2.09. The number of nitrogens with one attached hydrogen (secondary N) is 2. The molecule has 0 bridgehead atoms. The number of amides is 1. The molecule has 3 rings (SSSR count). The van der Waals surface area contributed by atoms with Crippen LogP contribution in [0.25, 0.3) is 0 Å². The van der Waals surface area contributed by atoms with Gasteiger partial charge in [0.15, 0.2) is 14.2 Å². The van der Waals surface area contributed by atoms with Crippen LogP contribution in [0, 0.1) is 0 Å². The topological polar surface area (TPSA) is 114 Å². The number of furan rings is 1. The van der Waals surface area contributed by atoms with Crippen molar-refractivity contribution >= 4 is 44.0 Å². The third-order valence-corrected chi connectivity index (χ3v) is 7.11. The van der Waals surface area contributed by atoms with Crippen LogP contribution in [-0.4, -0.2) is 47.8 Å². The summed E-state index contributed by atoms with van der Waals surface area (Å²) < 4.78 is 28.6. The van der Waals surface area contributed by atoms with E-state index in [0.29, 0.717) is 22.4 Å². The first-order chi connectivity index (χ1) is 11.5. The van der Waals surface area contributed by atoms with Gasteiger partial charge in [0.1, 0.15) is 5.76 Å². The van der Waals surface area contributed by atoms with Gasteiger partial charge in [0.25, 0.3) is 0 Å². The van der Waals surface area contributed by atoms with Gasteiger partial charge >= 0.3 is 0 Å². The predicted octanol–water partition coefficient (Wildman–Crippen LogP) is 1.14. The molecule has 8 nitrogen and oxygen atoms in total. The van der Waals surface area contributed by atoms with E-state index in [0.717, 1.165) is 5.76 Å². The van der Waals surface area contributed by atoms with Crippen LogP contribution >= 0.6 is 23.1 Å². The summed E-state index contributed by atoms with van der Waals surface area (Å²) >= 11 is 2.63. The van der Waals surface area contributed by atoms with Crippen molar-refractivity contribution in [1.29, 1.82) is 0 Å². The molecular formula is C13H16N4O4S3. The van der Waals surface area contributed by atoms with Crippen molar-refractivity contribution in [2.45, 2.75) is 23.3 Å². The predicted molar refractivity (Wildman–Crippen MR) is 91.9 cm³/mol. The fourth-order valence-electron chi connectivity index (χ4n) is 2.22. The Morgan fingerprint density at radius 3 is 3.04 bits per heavy atom. The molecule has 0 aliphatic carbocycles. The van der Waals surface area contributed by atoms with Crippen LogP contribution < -0.4 is 10.6 Å². The number of aromatic nitrogens is 2. The van der Waals surface area contributed by atoms with Crippen LogP contribution in [0.4, 0.5) is 5.13 Å². The normalized spacial score (nSPS) is 19.2. The van der Waals surface area contributed by atoms with E-state index in [4.69, 9.17) is 4.42 Å². The first kappa shape index (κ1) is 17.2. The summed E-state index contributed by atoms with van der Waals surface area (Å²) in [6.45, 7) is 0.517. The number of hydrogen-bond acceptors (Lipinski definition) is 9. The van der Waals surface area contributed by atoms with E-state index in [1.54, 1.807) is 6.26 Å². The van der Waals surface area contributed by atoms with E-state index in [9.17, 15) is 13.2 Å². The second-order valence-electron chi connectivity index (χ2n) is 5.26. The highest BCUT2D eigenvalue weighted by Crippen LogP contribution is 2.25. The van der Waals surface area contributed by atoms with Gasteiger partial charge in [0.2, 0.25) is 11.0 Å². The Kier molecular flexibility index (Phi) is 5.41. The molecule has 1 aliphatic rings. The number of carbonyl (C=O) groups is 1. The van der Waals surface area contributed by atoms with E-state index < -0.39 is 9.84 Å². The van der Waals surface area contributed by atoms with E-state index >= 15 is 0 Å². The van der Waals surface area contributed by atoms with Crippen LogP contribution in [0.3, 0.4) is 0 Å². The Morgan fingerprint density at radius 1 is 1.46 bits per heavy atom. The van der Waals surface area contributed by atoms with E-state index in [1.807, 2.05) is 12.1 Å². The second kappa shape index (κ2) is 7.53. The van der Waals surface area contributed by atoms with Crippen LogP contribution in [0.1, 0.15) is 12.2 Å². The first-order valence-corrected chi connectivity index (χ1v) is 10.8. The zero-order valence-electron chi connectivity index (χ0n) is 12.6. The van der Waals surface area contributed by atoms with Crippen molar-refractivity contribution in [2.24, 2.45) is 0 Å². The molecule has 0 unspecified atom stereocenters. The van der Waals surface area contributed by atoms with Crippen LogP contribution in [0.5, 0.6) is 0 Å². The van der Waals surface area contributed by atoms with Gasteiger partial charge in [-0.05, 0) is 18.6 Å². The Morgan fingerprint density at radius 2 is 2.33 bits per heavy atom. The molecule has 1 atom stereocenters. The zero-order chi connectivity index (χ0) is 17.0. The number of rotatable bonds is 7. The van der Waals surface area contributed by atoms with Gasteiger partial charge in [-0.1, -0.05) is 23.1 Å². The van der Waals surface area contributed by atoms with Gasteiger partial charge < -0.3 is 15.1 Å². The van der Waals surface area contributed by atoms with Crippen molar-refractivity contribution < 1.29 is 17.6 Å². The first-order valence-electron chi connectivity index (χ1n) is 7.22. The Labute approximate surface area is 147 Å². The van der Waals surface area contributed by atoms with E-state index in [2.05, 4.69) is 20.8 Å². The fraction of sp³-hybridized carbons (Fsp3) is 0.462. The molecule has 2 aromatic rings. The monoisotopic (exact) mass is 388 g/mol. The average molecular weight is 388 g/mol. The number of anilines is 1. The Hall–Kier alpha value is -1.59. The van der Waals surface area contributed by atoms with Gasteiger partial charge in [-0.3, -0.25) is 4.79 Å². The smallest absolute Gasteiger partial charge is 0.230 e. The third kappa shape index (κ3) is 4.95. The lowest BCUT2D eigenvalue weighted by Crippen LogP contribution is -2.36. The molecule has 1 fully saturated rings. The minimum absolute atomic E-state index is 0.0308. The number of carbonyl (C=O) groups excluding carboxylic acids is 1. The molecule has 2 aromatic heterocycles. The summed E-state index contributed by atoms with van der Waals surface area (Å²) in [7, 11) is -2.99. The molecule has 1 saturated heterocycles. The summed E-state index contributed by atoms with van der Waals surface area (Å²) in [4.78, 5) is 11.9. The molecule has 2 N–H and O–H groups in total. The van der Waals surface area contributed by atoms with Crippen molar-refractivity contribution in [3.63, 3.8) is 0 Å². The minimum Gasteiger partial charge on any atom is -0.467 e. The average Bonchev–Trinajstić information content (AvgIpc) is 3.24.